The smallest absolute Gasteiger partial charge is 0.232 e. The zero-order valence-corrected chi connectivity index (χ0v) is 13.2. The van der Waals surface area contributed by atoms with Crippen LogP contribution in [0, 0.1) is 6.92 Å². The Labute approximate surface area is 126 Å². The van der Waals surface area contributed by atoms with Crippen molar-refractivity contribution in [1.82, 2.24) is 9.78 Å². The summed E-state index contributed by atoms with van der Waals surface area (Å²) in [6, 6.07) is 8.19. The molecule has 1 N–H and O–H groups in total. The van der Waals surface area contributed by atoms with Crippen LogP contribution in [-0.4, -0.2) is 24.0 Å². The van der Waals surface area contributed by atoms with Gasteiger partial charge in [-0.2, -0.15) is 5.10 Å². The van der Waals surface area contributed by atoms with Crippen LogP contribution in [0.4, 0.5) is 5.69 Å². The summed E-state index contributed by atoms with van der Waals surface area (Å²) >= 11 is 0. The Hall–Kier alpha value is -1.82. The molecule has 0 aliphatic rings. The number of hydrogen-bond acceptors (Lipinski definition) is 3. The number of sulfonamides is 1. The summed E-state index contributed by atoms with van der Waals surface area (Å²) in [5, 5.41) is 4.19. The Kier molecular flexibility index (Phi) is 5.01. The van der Waals surface area contributed by atoms with E-state index in [0.29, 0.717) is 18.7 Å². The second kappa shape index (κ2) is 6.76. The molecular formula is C15H21N3O2S. The lowest BCUT2D eigenvalue weighted by Crippen LogP contribution is -2.16. The SMILES string of the molecule is CCCCS(=O)(=O)Nc1cnn(Cc2ccc(C)cc2)c1. The van der Waals surface area contributed by atoms with Crippen molar-refractivity contribution in [2.24, 2.45) is 0 Å². The van der Waals surface area contributed by atoms with Crippen molar-refractivity contribution < 1.29 is 8.42 Å². The van der Waals surface area contributed by atoms with Crippen molar-refractivity contribution in [3.63, 3.8) is 0 Å². The van der Waals surface area contributed by atoms with Crippen LogP contribution in [0.2, 0.25) is 0 Å². The molecule has 0 fully saturated rings. The molecule has 6 heteroatoms. The van der Waals surface area contributed by atoms with Crippen LogP contribution >= 0.6 is 0 Å². The highest BCUT2D eigenvalue weighted by atomic mass is 32.2. The number of unbranched alkanes of at least 4 members (excludes halogenated alkanes) is 1. The highest BCUT2D eigenvalue weighted by Gasteiger charge is 2.10. The van der Waals surface area contributed by atoms with Crippen molar-refractivity contribution in [2.45, 2.75) is 33.2 Å². The average Bonchev–Trinajstić information content (AvgIpc) is 2.85. The molecule has 2 rings (SSSR count). The van der Waals surface area contributed by atoms with E-state index in [2.05, 4.69) is 9.82 Å². The Morgan fingerprint density at radius 2 is 1.95 bits per heavy atom. The van der Waals surface area contributed by atoms with Crippen LogP contribution in [0.1, 0.15) is 30.9 Å². The molecule has 0 unspecified atom stereocenters. The predicted octanol–water partition coefficient (Wildman–Crippen LogP) is 2.78. The number of aryl methyl sites for hydroxylation is 1. The zero-order chi connectivity index (χ0) is 15.3. The van der Waals surface area contributed by atoms with Crippen LogP contribution in [0.3, 0.4) is 0 Å². The number of aromatic nitrogens is 2. The molecule has 1 aromatic carbocycles. The normalized spacial score (nSPS) is 11.5. The first-order valence-corrected chi connectivity index (χ1v) is 8.72. The van der Waals surface area contributed by atoms with Crippen LogP contribution in [0.25, 0.3) is 0 Å². The molecule has 1 aromatic heterocycles. The van der Waals surface area contributed by atoms with Gasteiger partial charge in [0, 0.05) is 6.20 Å². The summed E-state index contributed by atoms with van der Waals surface area (Å²) in [6.07, 6.45) is 4.77. The van der Waals surface area contributed by atoms with Crippen LogP contribution < -0.4 is 4.72 Å². The number of rotatable bonds is 7. The highest BCUT2D eigenvalue weighted by molar-refractivity contribution is 7.92. The van der Waals surface area contributed by atoms with Gasteiger partial charge in [-0.1, -0.05) is 43.2 Å². The van der Waals surface area contributed by atoms with Crippen molar-refractivity contribution in [3.8, 4) is 0 Å². The van der Waals surface area contributed by atoms with Gasteiger partial charge in [0.1, 0.15) is 0 Å². The summed E-state index contributed by atoms with van der Waals surface area (Å²) in [5.74, 6) is 0.145. The van der Waals surface area contributed by atoms with Crippen molar-refractivity contribution >= 4 is 15.7 Å². The minimum absolute atomic E-state index is 0.145. The van der Waals surface area contributed by atoms with Gasteiger partial charge in [0.05, 0.1) is 24.2 Å². The third-order valence-corrected chi connectivity index (χ3v) is 4.51. The van der Waals surface area contributed by atoms with E-state index in [4.69, 9.17) is 0 Å². The lowest BCUT2D eigenvalue weighted by Gasteiger charge is -2.04. The first-order chi connectivity index (χ1) is 9.98. The minimum Gasteiger partial charge on any atom is -0.280 e. The third-order valence-electron chi connectivity index (χ3n) is 3.14. The molecule has 0 spiro atoms. The molecule has 1 heterocycles. The Morgan fingerprint density at radius 1 is 1.24 bits per heavy atom. The van der Waals surface area contributed by atoms with Crippen LogP contribution in [0.15, 0.2) is 36.7 Å². The molecule has 0 amide bonds. The van der Waals surface area contributed by atoms with Gasteiger partial charge >= 0.3 is 0 Å². The van der Waals surface area contributed by atoms with E-state index in [-0.39, 0.29) is 5.75 Å². The summed E-state index contributed by atoms with van der Waals surface area (Å²) in [6.45, 7) is 4.63. The summed E-state index contributed by atoms with van der Waals surface area (Å²) in [4.78, 5) is 0. The monoisotopic (exact) mass is 307 g/mol. The number of hydrogen-bond donors (Lipinski definition) is 1. The summed E-state index contributed by atoms with van der Waals surface area (Å²) < 4.78 is 27.9. The second-order valence-electron chi connectivity index (χ2n) is 5.19. The van der Waals surface area contributed by atoms with E-state index in [1.807, 2.05) is 38.1 Å². The number of benzene rings is 1. The average molecular weight is 307 g/mol. The molecule has 114 valence electrons. The van der Waals surface area contributed by atoms with Gasteiger partial charge < -0.3 is 0 Å². The van der Waals surface area contributed by atoms with Gasteiger partial charge in [0.25, 0.3) is 0 Å². The van der Waals surface area contributed by atoms with Gasteiger partial charge in [-0.3, -0.25) is 9.40 Å². The van der Waals surface area contributed by atoms with Crippen molar-refractivity contribution in [3.05, 3.63) is 47.8 Å². The standard InChI is InChI=1S/C15H21N3O2S/c1-3-4-9-21(19,20)17-15-10-16-18(12-15)11-14-7-5-13(2)6-8-14/h5-8,10,12,17H,3-4,9,11H2,1-2H3. The number of anilines is 1. The van der Waals surface area contributed by atoms with Crippen LogP contribution in [-0.2, 0) is 16.6 Å². The fraction of sp³-hybridized carbons (Fsp3) is 0.400. The predicted molar refractivity (Wildman–Crippen MR) is 84.8 cm³/mol. The van der Waals surface area contributed by atoms with Crippen molar-refractivity contribution in [1.29, 1.82) is 0 Å². The van der Waals surface area contributed by atoms with E-state index in [1.54, 1.807) is 10.9 Å². The molecule has 0 radical (unpaired) electrons. The Bertz CT molecular complexity index is 675. The zero-order valence-electron chi connectivity index (χ0n) is 12.4. The Balaban J connectivity index is 1.99. The van der Waals surface area contributed by atoms with Gasteiger partial charge in [0.15, 0.2) is 0 Å². The van der Waals surface area contributed by atoms with Gasteiger partial charge in [0.2, 0.25) is 10.0 Å². The number of nitrogens with zero attached hydrogens (tertiary/aromatic N) is 2. The van der Waals surface area contributed by atoms with Crippen molar-refractivity contribution in [2.75, 3.05) is 10.5 Å². The lowest BCUT2D eigenvalue weighted by atomic mass is 10.1. The van der Waals surface area contributed by atoms with E-state index >= 15 is 0 Å². The second-order valence-corrected chi connectivity index (χ2v) is 7.03. The quantitative estimate of drug-likeness (QED) is 0.855. The molecule has 21 heavy (non-hydrogen) atoms. The first kappa shape index (κ1) is 15.6. The minimum atomic E-state index is -3.27. The molecule has 0 bridgehead atoms. The molecule has 0 aliphatic heterocycles. The maximum atomic E-state index is 11.8. The Morgan fingerprint density at radius 3 is 2.62 bits per heavy atom. The third kappa shape index (κ3) is 4.90. The fourth-order valence-corrected chi connectivity index (χ4v) is 3.18. The largest absolute Gasteiger partial charge is 0.280 e. The van der Waals surface area contributed by atoms with Crippen LogP contribution in [0.5, 0.6) is 0 Å². The number of nitrogens with one attached hydrogen (secondary N) is 1. The maximum absolute atomic E-state index is 11.8. The summed E-state index contributed by atoms with van der Waals surface area (Å²) in [7, 11) is -3.27. The van der Waals surface area contributed by atoms with E-state index < -0.39 is 10.0 Å². The highest BCUT2D eigenvalue weighted by Crippen LogP contribution is 2.11. The fourth-order valence-electron chi connectivity index (χ4n) is 1.95. The first-order valence-electron chi connectivity index (χ1n) is 7.07. The molecule has 5 nitrogen and oxygen atoms in total. The summed E-state index contributed by atoms with van der Waals surface area (Å²) in [5.41, 5.74) is 2.85. The van der Waals surface area contributed by atoms with Gasteiger partial charge in [-0.15, -0.1) is 0 Å². The molecule has 0 atom stereocenters. The molecular weight excluding hydrogens is 286 g/mol. The molecule has 0 saturated carbocycles. The van der Waals surface area contributed by atoms with Gasteiger partial charge in [-0.05, 0) is 18.9 Å². The topological polar surface area (TPSA) is 64.0 Å². The van der Waals surface area contributed by atoms with E-state index in [1.165, 1.54) is 11.8 Å². The molecule has 0 saturated heterocycles. The molecule has 2 aromatic rings. The maximum Gasteiger partial charge on any atom is 0.232 e. The van der Waals surface area contributed by atoms with E-state index in [0.717, 1.165) is 12.0 Å². The van der Waals surface area contributed by atoms with E-state index in [9.17, 15) is 8.42 Å². The lowest BCUT2D eigenvalue weighted by molar-refractivity contribution is 0.598. The van der Waals surface area contributed by atoms with Gasteiger partial charge in [-0.25, -0.2) is 8.42 Å². The molecule has 0 aliphatic carbocycles.